The van der Waals surface area contributed by atoms with Crippen LogP contribution in [0.3, 0.4) is 0 Å². The summed E-state index contributed by atoms with van der Waals surface area (Å²) >= 11 is 0. The molecule has 2 aliphatic rings. The van der Waals surface area contributed by atoms with Crippen molar-refractivity contribution in [1.29, 1.82) is 0 Å². The standard InChI is InChI=1S/C19H19N5/c1-3-12-9-20-19-18(12)15(13-4-5-13)8-17(22-19)21-16-10-24(14-6-7-14)23-11(16)2/h1,8-10,13-14H,4-7H2,2H3,(H2,20,21,22). The Bertz CT molecular complexity index is 979. The largest absolute Gasteiger partial charge is 0.345 e. The number of terminal acetylenes is 1. The molecule has 0 aliphatic heterocycles. The smallest absolute Gasteiger partial charge is 0.141 e. The first-order valence-electron chi connectivity index (χ1n) is 8.54. The van der Waals surface area contributed by atoms with Gasteiger partial charge in [-0.05, 0) is 50.2 Å². The van der Waals surface area contributed by atoms with E-state index in [4.69, 9.17) is 11.4 Å². The van der Waals surface area contributed by atoms with Crippen LogP contribution < -0.4 is 5.32 Å². The van der Waals surface area contributed by atoms with Gasteiger partial charge >= 0.3 is 0 Å². The second-order valence-electron chi connectivity index (χ2n) is 6.91. The number of aryl methyl sites for hydroxylation is 1. The van der Waals surface area contributed by atoms with Crippen molar-refractivity contribution in [3.05, 3.63) is 35.3 Å². The summed E-state index contributed by atoms with van der Waals surface area (Å²) in [6, 6.07) is 2.74. The summed E-state index contributed by atoms with van der Waals surface area (Å²) in [5, 5.41) is 9.17. The predicted octanol–water partition coefficient (Wildman–Crippen LogP) is 4.01. The van der Waals surface area contributed by atoms with E-state index < -0.39 is 0 Å². The monoisotopic (exact) mass is 317 g/mol. The number of aromatic nitrogens is 4. The number of hydrogen-bond donors (Lipinski definition) is 2. The van der Waals surface area contributed by atoms with Crippen LogP contribution in [0.1, 0.15) is 54.5 Å². The topological polar surface area (TPSA) is 58.5 Å². The minimum Gasteiger partial charge on any atom is -0.345 e. The Kier molecular flexibility index (Phi) is 2.78. The molecule has 3 heterocycles. The number of nitrogens with one attached hydrogen (secondary N) is 2. The molecule has 0 radical (unpaired) electrons. The van der Waals surface area contributed by atoms with Crippen molar-refractivity contribution in [1.82, 2.24) is 19.7 Å². The molecular formula is C19H19N5. The van der Waals surface area contributed by atoms with Crippen LogP contribution in [0.2, 0.25) is 0 Å². The minimum atomic E-state index is 0.582. The lowest BCUT2D eigenvalue weighted by Crippen LogP contribution is -1.97. The van der Waals surface area contributed by atoms with Crippen molar-refractivity contribution in [2.45, 2.75) is 44.6 Å². The quantitative estimate of drug-likeness (QED) is 0.715. The maximum Gasteiger partial charge on any atom is 0.141 e. The molecule has 0 amide bonds. The van der Waals surface area contributed by atoms with Crippen LogP contribution in [0, 0.1) is 19.3 Å². The van der Waals surface area contributed by atoms with Crippen LogP contribution in [0.25, 0.3) is 11.0 Å². The summed E-state index contributed by atoms with van der Waals surface area (Å²) in [4.78, 5) is 7.94. The molecule has 5 rings (SSSR count). The highest BCUT2D eigenvalue weighted by molar-refractivity contribution is 5.89. The molecule has 2 fully saturated rings. The van der Waals surface area contributed by atoms with E-state index in [1.807, 2.05) is 13.1 Å². The van der Waals surface area contributed by atoms with Gasteiger partial charge in [0.2, 0.25) is 0 Å². The van der Waals surface area contributed by atoms with Gasteiger partial charge in [-0.2, -0.15) is 5.10 Å². The number of aromatic amines is 1. The number of rotatable bonds is 4. The van der Waals surface area contributed by atoms with Crippen LogP contribution >= 0.6 is 0 Å². The summed E-state index contributed by atoms with van der Waals surface area (Å²) in [6.07, 6.45) is 14.5. The average Bonchev–Trinajstić information content (AvgIpc) is 3.49. The molecule has 5 heteroatoms. The number of anilines is 2. The molecule has 2 N–H and O–H groups in total. The lowest BCUT2D eigenvalue weighted by Gasteiger charge is -2.08. The Morgan fingerprint density at radius 3 is 2.88 bits per heavy atom. The molecule has 3 aromatic rings. The van der Waals surface area contributed by atoms with Gasteiger partial charge in [0.15, 0.2) is 0 Å². The van der Waals surface area contributed by atoms with Crippen LogP contribution in [-0.4, -0.2) is 19.7 Å². The van der Waals surface area contributed by atoms with Gasteiger partial charge in [-0.15, -0.1) is 6.42 Å². The molecule has 3 aromatic heterocycles. The number of H-pyrrole nitrogens is 1. The first-order valence-corrected chi connectivity index (χ1v) is 8.54. The number of pyridine rings is 1. The predicted molar refractivity (Wildman–Crippen MR) is 94.5 cm³/mol. The second-order valence-corrected chi connectivity index (χ2v) is 6.91. The first-order chi connectivity index (χ1) is 11.7. The Hall–Kier alpha value is -2.74. The fourth-order valence-corrected chi connectivity index (χ4v) is 3.33. The van der Waals surface area contributed by atoms with Gasteiger partial charge in [0.25, 0.3) is 0 Å². The van der Waals surface area contributed by atoms with E-state index >= 15 is 0 Å². The SMILES string of the molecule is C#Cc1c[nH]c2nc(Nc3cn(C4CC4)nc3C)cc(C3CC3)c12. The van der Waals surface area contributed by atoms with Gasteiger partial charge < -0.3 is 10.3 Å². The van der Waals surface area contributed by atoms with E-state index in [9.17, 15) is 0 Å². The molecule has 120 valence electrons. The molecule has 24 heavy (non-hydrogen) atoms. The Balaban J connectivity index is 1.56. The average molecular weight is 317 g/mol. The summed E-state index contributed by atoms with van der Waals surface area (Å²) in [5.74, 6) is 4.23. The molecule has 0 aromatic carbocycles. The second kappa shape index (κ2) is 4.88. The summed E-state index contributed by atoms with van der Waals surface area (Å²) in [7, 11) is 0. The van der Waals surface area contributed by atoms with Crippen molar-refractivity contribution in [3.63, 3.8) is 0 Å². The van der Waals surface area contributed by atoms with Crippen molar-refractivity contribution in [3.8, 4) is 12.3 Å². The van der Waals surface area contributed by atoms with Crippen molar-refractivity contribution >= 4 is 22.5 Å². The highest BCUT2D eigenvalue weighted by Crippen LogP contribution is 2.44. The molecular weight excluding hydrogens is 298 g/mol. The van der Waals surface area contributed by atoms with Crippen LogP contribution in [0.4, 0.5) is 11.5 Å². The molecule has 0 saturated heterocycles. The first kappa shape index (κ1) is 13.7. The maximum atomic E-state index is 5.64. The van der Waals surface area contributed by atoms with Gasteiger partial charge in [0, 0.05) is 17.8 Å². The fourth-order valence-electron chi connectivity index (χ4n) is 3.33. The Labute approximate surface area is 140 Å². The molecule has 0 bridgehead atoms. The van der Waals surface area contributed by atoms with Crippen LogP contribution in [0.5, 0.6) is 0 Å². The zero-order valence-corrected chi connectivity index (χ0v) is 13.6. The van der Waals surface area contributed by atoms with E-state index in [1.54, 1.807) is 0 Å². The van der Waals surface area contributed by atoms with E-state index in [0.717, 1.165) is 33.8 Å². The molecule has 0 atom stereocenters. The van der Waals surface area contributed by atoms with Crippen LogP contribution in [0.15, 0.2) is 18.5 Å². The summed E-state index contributed by atoms with van der Waals surface area (Å²) < 4.78 is 2.07. The normalized spacial score (nSPS) is 17.2. The van der Waals surface area contributed by atoms with Gasteiger partial charge in [-0.25, -0.2) is 4.98 Å². The minimum absolute atomic E-state index is 0.582. The van der Waals surface area contributed by atoms with Crippen molar-refractivity contribution in [2.24, 2.45) is 0 Å². The van der Waals surface area contributed by atoms with Gasteiger partial charge in [0.1, 0.15) is 11.5 Å². The van der Waals surface area contributed by atoms with Crippen molar-refractivity contribution < 1.29 is 0 Å². The van der Waals surface area contributed by atoms with Gasteiger partial charge in [0.05, 0.1) is 23.0 Å². The van der Waals surface area contributed by atoms with E-state index in [0.29, 0.717) is 12.0 Å². The third kappa shape index (κ3) is 2.18. The van der Waals surface area contributed by atoms with Crippen LogP contribution in [-0.2, 0) is 0 Å². The number of fused-ring (bicyclic) bond motifs is 1. The lowest BCUT2D eigenvalue weighted by atomic mass is 10.1. The Morgan fingerprint density at radius 1 is 1.33 bits per heavy atom. The molecule has 0 unspecified atom stereocenters. The highest BCUT2D eigenvalue weighted by Gasteiger charge is 2.28. The van der Waals surface area contributed by atoms with Crippen molar-refractivity contribution in [2.75, 3.05) is 5.32 Å². The molecule has 2 aliphatic carbocycles. The highest BCUT2D eigenvalue weighted by atomic mass is 15.3. The number of hydrogen-bond acceptors (Lipinski definition) is 3. The third-order valence-corrected chi connectivity index (χ3v) is 4.95. The zero-order valence-electron chi connectivity index (χ0n) is 13.6. The molecule has 2 saturated carbocycles. The zero-order chi connectivity index (χ0) is 16.3. The van der Waals surface area contributed by atoms with E-state index in [1.165, 1.54) is 31.2 Å². The maximum absolute atomic E-state index is 5.64. The number of nitrogens with zero attached hydrogens (tertiary/aromatic N) is 3. The summed E-state index contributed by atoms with van der Waals surface area (Å²) in [5.41, 5.74) is 5.11. The van der Waals surface area contributed by atoms with E-state index in [2.05, 4.69) is 38.3 Å². The lowest BCUT2D eigenvalue weighted by molar-refractivity contribution is 0.635. The van der Waals surface area contributed by atoms with Gasteiger partial charge in [-0.1, -0.05) is 5.92 Å². The summed E-state index contributed by atoms with van der Waals surface area (Å²) in [6.45, 7) is 2.03. The molecule has 0 spiro atoms. The van der Waals surface area contributed by atoms with Gasteiger partial charge in [-0.3, -0.25) is 4.68 Å². The van der Waals surface area contributed by atoms with E-state index in [-0.39, 0.29) is 0 Å². The Morgan fingerprint density at radius 2 is 2.17 bits per heavy atom. The molecule has 5 nitrogen and oxygen atoms in total. The fraction of sp³-hybridized carbons (Fsp3) is 0.368. The third-order valence-electron chi connectivity index (χ3n) is 4.95.